The fraction of sp³-hybridized carbons (Fsp3) is 0.333. The third-order valence-electron chi connectivity index (χ3n) is 1.86. The molecular weight excluding hydrogens is 216 g/mol. The lowest BCUT2D eigenvalue weighted by atomic mass is 10.2. The van der Waals surface area contributed by atoms with Crippen LogP contribution in [0.25, 0.3) is 0 Å². The van der Waals surface area contributed by atoms with Gasteiger partial charge in [-0.15, -0.1) is 0 Å². The predicted octanol–water partition coefficient (Wildman–Crippen LogP) is 0.959. The molecule has 15 heavy (non-hydrogen) atoms. The molecule has 1 aromatic carbocycles. The van der Waals surface area contributed by atoms with Crippen molar-refractivity contribution >= 4 is 21.5 Å². The van der Waals surface area contributed by atoms with Crippen molar-refractivity contribution in [1.29, 1.82) is 0 Å². The van der Waals surface area contributed by atoms with Crippen LogP contribution in [-0.2, 0) is 10.1 Å². The van der Waals surface area contributed by atoms with E-state index in [0.717, 1.165) is 5.69 Å². The van der Waals surface area contributed by atoms with Crippen LogP contribution in [0.15, 0.2) is 24.3 Å². The van der Waals surface area contributed by atoms with Crippen LogP contribution in [0.1, 0.15) is 6.42 Å². The molecule has 0 aliphatic rings. The molecule has 0 saturated heterocycles. The summed E-state index contributed by atoms with van der Waals surface area (Å²) in [6.07, 6.45) is 0.340. The van der Waals surface area contributed by atoms with E-state index in [1.807, 2.05) is 18.2 Å². The van der Waals surface area contributed by atoms with Crippen LogP contribution in [0, 0.1) is 0 Å². The first-order valence-corrected chi connectivity index (χ1v) is 6.13. The van der Waals surface area contributed by atoms with Crippen LogP contribution in [0.5, 0.6) is 0 Å². The number of benzene rings is 1. The normalized spacial score (nSPS) is 11.3. The maximum atomic E-state index is 10.4. The second-order valence-corrected chi connectivity index (χ2v) is 4.73. The molecule has 4 N–H and O–H groups in total. The molecule has 0 fully saturated rings. The Bertz CT molecular complexity index is 417. The van der Waals surface area contributed by atoms with E-state index in [2.05, 4.69) is 5.32 Å². The summed E-state index contributed by atoms with van der Waals surface area (Å²) in [6, 6.07) is 7.22. The van der Waals surface area contributed by atoms with Crippen LogP contribution in [0.4, 0.5) is 11.4 Å². The van der Waals surface area contributed by atoms with Crippen molar-refractivity contribution in [2.45, 2.75) is 6.42 Å². The van der Waals surface area contributed by atoms with Gasteiger partial charge in [0.2, 0.25) is 0 Å². The van der Waals surface area contributed by atoms with Crippen molar-refractivity contribution < 1.29 is 13.0 Å². The van der Waals surface area contributed by atoms with E-state index in [0.29, 0.717) is 18.7 Å². The zero-order chi connectivity index (χ0) is 11.3. The molecule has 1 aromatic rings. The average Bonchev–Trinajstić information content (AvgIpc) is 2.13. The van der Waals surface area contributed by atoms with Crippen LogP contribution >= 0.6 is 0 Å². The van der Waals surface area contributed by atoms with Crippen molar-refractivity contribution in [3.63, 3.8) is 0 Å². The quantitative estimate of drug-likeness (QED) is 0.398. The number of hydrogen-bond acceptors (Lipinski definition) is 4. The summed E-state index contributed by atoms with van der Waals surface area (Å²) < 4.78 is 29.3. The standard InChI is InChI=1S/C9H14N2O3S/c10-8-4-1-2-5-9(8)11-6-3-7-15(12,13)14/h1-2,4-5,11H,3,6-7,10H2,(H,12,13,14). The Hall–Kier alpha value is -1.27. The SMILES string of the molecule is Nc1ccccc1NCCCS(=O)(=O)O. The summed E-state index contributed by atoms with van der Waals surface area (Å²) in [5.74, 6) is -0.243. The van der Waals surface area contributed by atoms with Crippen molar-refractivity contribution in [2.75, 3.05) is 23.3 Å². The Morgan fingerprint density at radius 3 is 2.60 bits per heavy atom. The van der Waals surface area contributed by atoms with E-state index >= 15 is 0 Å². The van der Waals surface area contributed by atoms with Gasteiger partial charge in [0, 0.05) is 6.54 Å². The Kier molecular flexibility index (Phi) is 3.93. The van der Waals surface area contributed by atoms with Gasteiger partial charge in [-0.3, -0.25) is 4.55 Å². The molecule has 0 spiro atoms. The summed E-state index contributed by atoms with van der Waals surface area (Å²) in [7, 11) is -3.86. The second kappa shape index (κ2) is 4.99. The zero-order valence-electron chi connectivity index (χ0n) is 8.18. The monoisotopic (exact) mass is 230 g/mol. The minimum Gasteiger partial charge on any atom is -0.397 e. The van der Waals surface area contributed by atoms with E-state index in [4.69, 9.17) is 10.3 Å². The minimum atomic E-state index is -3.86. The number of nitrogens with one attached hydrogen (secondary N) is 1. The number of rotatable bonds is 5. The van der Waals surface area contributed by atoms with Crippen molar-refractivity contribution in [1.82, 2.24) is 0 Å². The molecule has 0 atom stereocenters. The summed E-state index contributed by atoms with van der Waals surface area (Å²) in [6.45, 7) is 0.452. The van der Waals surface area contributed by atoms with Crippen molar-refractivity contribution in [3.05, 3.63) is 24.3 Å². The molecule has 0 radical (unpaired) electrons. The van der Waals surface area contributed by atoms with Gasteiger partial charge in [0.15, 0.2) is 0 Å². The molecule has 84 valence electrons. The molecule has 0 unspecified atom stereocenters. The molecule has 0 bridgehead atoms. The van der Waals surface area contributed by atoms with Gasteiger partial charge in [0.25, 0.3) is 10.1 Å². The van der Waals surface area contributed by atoms with E-state index in [1.165, 1.54) is 0 Å². The van der Waals surface area contributed by atoms with Gasteiger partial charge in [-0.25, -0.2) is 0 Å². The molecule has 0 amide bonds. The first kappa shape index (κ1) is 11.8. The molecule has 6 heteroatoms. The maximum absolute atomic E-state index is 10.4. The van der Waals surface area contributed by atoms with Crippen molar-refractivity contribution in [3.8, 4) is 0 Å². The van der Waals surface area contributed by atoms with Gasteiger partial charge < -0.3 is 11.1 Å². The molecule has 0 aliphatic carbocycles. The Morgan fingerprint density at radius 2 is 2.00 bits per heavy atom. The number of hydrogen-bond donors (Lipinski definition) is 3. The summed E-state index contributed by atoms with van der Waals surface area (Å²) in [4.78, 5) is 0. The summed E-state index contributed by atoms with van der Waals surface area (Å²) in [5.41, 5.74) is 7.04. The van der Waals surface area contributed by atoms with E-state index < -0.39 is 10.1 Å². The first-order chi connectivity index (χ1) is 6.99. The summed E-state index contributed by atoms with van der Waals surface area (Å²) in [5, 5.41) is 2.98. The zero-order valence-corrected chi connectivity index (χ0v) is 9.00. The second-order valence-electron chi connectivity index (χ2n) is 3.15. The number of nitrogen functional groups attached to an aromatic ring is 1. The van der Waals surface area contributed by atoms with Crippen molar-refractivity contribution in [2.24, 2.45) is 0 Å². The molecular formula is C9H14N2O3S. The summed E-state index contributed by atoms with van der Waals surface area (Å²) >= 11 is 0. The first-order valence-electron chi connectivity index (χ1n) is 4.52. The number of nitrogens with two attached hydrogens (primary N) is 1. The predicted molar refractivity (Wildman–Crippen MR) is 60.4 cm³/mol. The van der Waals surface area contributed by atoms with Gasteiger partial charge in [0.05, 0.1) is 17.1 Å². The highest BCUT2D eigenvalue weighted by atomic mass is 32.2. The average molecular weight is 230 g/mol. The fourth-order valence-corrected chi connectivity index (χ4v) is 1.64. The highest BCUT2D eigenvalue weighted by Crippen LogP contribution is 2.16. The smallest absolute Gasteiger partial charge is 0.264 e. The van der Waals surface area contributed by atoms with Gasteiger partial charge in [-0.2, -0.15) is 8.42 Å². The highest BCUT2D eigenvalue weighted by molar-refractivity contribution is 7.85. The Morgan fingerprint density at radius 1 is 1.33 bits per heavy atom. The van der Waals surface area contributed by atoms with E-state index in [9.17, 15) is 8.42 Å². The van der Waals surface area contributed by atoms with Crippen LogP contribution < -0.4 is 11.1 Å². The fourth-order valence-electron chi connectivity index (χ4n) is 1.14. The number of para-hydroxylation sites is 2. The molecule has 0 aromatic heterocycles. The van der Waals surface area contributed by atoms with Crippen LogP contribution in [0.3, 0.4) is 0 Å². The lowest BCUT2D eigenvalue weighted by molar-refractivity contribution is 0.481. The van der Waals surface area contributed by atoms with E-state index in [-0.39, 0.29) is 5.75 Å². The lowest BCUT2D eigenvalue weighted by Crippen LogP contribution is -2.10. The lowest BCUT2D eigenvalue weighted by Gasteiger charge is -2.07. The molecule has 0 saturated carbocycles. The number of anilines is 2. The largest absolute Gasteiger partial charge is 0.397 e. The molecule has 5 nitrogen and oxygen atoms in total. The van der Waals surface area contributed by atoms with Gasteiger partial charge in [0.1, 0.15) is 0 Å². The van der Waals surface area contributed by atoms with Crippen LogP contribution in [0.2, 0.25) is 0 Å². The molecule has 0 aliphatic heterocycles. The maximum Gasteiger partial charge on any atom is 0.264 e. The van der Waals surface area contributed by atoms with Crippen LogP contribution in [-0.4, -0.2) is 25.3 Å². The Balaban J connectivity index is 2.36. The Labute approximate surface area is 89.0 Å². The molecule has 0 heterocycles. The van der Waals surface area contributed by atoms with E-state index in [1.54, 1.807) is 6.07 Å². The van der Waals surface area contributed by atoms with Gasteiger partial charge in [-0.05, 0) is 18.6 Å². The highest BCUT2D eigenvalue weighted by Gasteiger charge is 2.03. The minimum absolute atomic E-state index is 0.243. The molecule has 1 rings (SSSR count). The third-order valence-corrected chi connectivity index (χ3v) is 2.66. The van der Waals surface area contributed by atoms with Gasteiger partial charge >= 0.3 is 0 Å². The van der Waals surface area contributed by atoms with Gasteiger partial charge in [-0.1, -0.05) is 12.1 Å². The topological polar surface area (TPSA) is 92.4 Å². The third kappa shape index (κ3) is 4.66.